The number of nitrogens with zero attached hydrogens (tertiary/aromatic N) is 3. The van der Waals surface area contributed by atoms with Gasteiger partial charge >= 0.3 is 0 Å². The molecule has 1 fully saturated rings. The van der Waals surface area contributed by atoms with Crippen LogP contribution in [0.15, 0.2) is 56.8 Å². The third-order valence-electron chi connectivity index (χ3n) is 5.55. The molecule has 0 radical (unpaired) electrons. The summed E-state index contributed by atoms with van der Waals surface area (Å²) in [5.41, 5.74) is 0.103. The highest BCUT2D eigenvalue weighted by Crippen LogP contribution is 2.38. The standard InChI is InChI=1S/C22H22FN3O5S/c1-25-8-10-26(11-9-25)22-21(24-20(31-22)16-4-2-3-5-17(16)23)32(27,28)15-6-7-18-19(14-15)30-13-12-29-18/h2-7,14H,8-13H2,1H3. The highest BCUT2D eigenvalue weighted by atomic mass is 32.2. The van der Waals surface area contributed by atoms with E-state index in [1.165, 1.54) is 24.3 Å². The highest BCUT2D eigenvalue weighted by molar-refractivity contribution is 7.91. The van der Waals surface area contributed by atoms with Crippen LogP contribution in [0.4, 0.5) is 10.3 Å². The molecule has 0 atom stereocenters. The molecule has 5 rings (SSSR count). The molecule has 0 amide bonds. The number of halogens is 1. The Labute approximate surface area is 185 Å². The Balaban J connectivity index is 1.62. The summed E-state index contributed by atoms with van der Waals surface area (Å²) in [4.78, 5) is 8.25. The molecule has 2 aliphatic heterocycles. The lowest BCUT2D eigenvalue weighted by Crippen LogP contribution is -2.44. The van der Waals surface area contributed by atoms with Crippen molar-refractivity contribution in [2.45, 2.75) is 9.92 Å². The average molecular weight is 459 g/mol. The summed E-state index contributed by atoms with van der Waals surface area (Å²) < 4.78 is 58.6. The van der Waals surface area contributed by atoms with E-state index in [0.717, 1.165) is 13.1 Å². The van der Waals surface area contributed by atoms with Crippen LogP contribution in [0.3, 0.4) is 0 Å². The number of piperazine rings is 1. The minimum absolute atomic E-state index is 0.00510. The van der Waals surface area contributed by atoms with Crippen molar-refractivity contribution < 1.29 is 26.7 Å². The number of hydrogen-bond acceptors (Lipinski definition) is 8. The van der Waals surface area contributed by atoms with E-state index in [2.05, 4.69) is 9.88 Å². The van der Waals surface area contributed by atoms with Crippen LogP contribution in [0.5, 0.6) is 11.5 Å². The van der Waals surface area contributed by atoms with Crippen LogP contribution >= 0.6 is 0 Å². The van der Waals surface area contributed by atoms with Gasteiger partial charge in [-0.15, -0.1) is 0 Å². The van der Waals surface area contributed by atoms with Gasteiger partial charge in [0, 0.05) is 32.2 Å². The SMILES string of the molecule is CN1CCN(c2oc(-c3ccccc3F)nc2S(=O)(=O)c2ccc3c(c2)OCCO3)CC1. The lowest BCUT2D eigenvalue weighted by atomic mass is 10.2. The number of ether oxygens (including phenoxy) is 2. The molecule has 0 aliphatic carbocycles. The Morgan fingerprint density at radius 1 is 0.969 bits per heavy atom. The first kappa shape index (κ1) is 20.8. The Kier molecular flexibility index (Phi) is 5.26. The molecule has 0 spiro atoms. The van der Waals surface area contributed by atoms with E-state index < -0.39 is 15.7 Å². The van der Waals surface area contributed by atoms with Crippen molar-refractivity contribution in [2.24, 2.45) is 0 Å². The third-order valence-corrected chi connectivity index (χ3v) is 7.20. The summed E-state index contributed by atoms with van der Waals surface area (Å²) in [6.45, 7) is 3.34. The molecule has 10 heteroatoms. The molecule has 8 nitrogen and oxygen atoms in total. The summed E-state index contributed by atoms with van der Waals surface area (Å²) in [6.07, 6.45) is 0. The summed E-state index contributed by atoms with van der Waals surface area (Å²) in [7, 11) is -2.09. The number of aromatic nitrogens is 1. The minimum atomic E-state index is -4.08. The summed E-state index contributed by atoms with van der Waals surface area (Å²) in [5, 5.41) is -0.239. The number of rotatable bonds is 4. The largest absolute Gasteiger partial charge is 0.486 e. The van der Waals surface area contributed by atoms with Crippen molar-refractivity contribution in [3.63, 3.8) is 0 Å². The molecule has 0 saturated carbocycles. The van der Waals surface area contributed by atoms with Gasteiger partial charge in [0.2, 0.25) is 26.6 Å². The van der Waals surface area contributed by atoms with Crippen molar-refractivity contribution in [1.82, 2.24) is 9.88 Å². The molecular weight excluding hydrogens is 437 g/mol. The van der Waals surface area contributed by atoms with E-state index in [9.17, 15) is 12.8 Å². The lowest BCUT2D eigenvalue weighted by Gasteiger charge is -2.32. The van der Waals surface area contributed by atoms with Crippen molar-refractivity contribution in [3.8, 4) is 23.0 Å². The van der Waals surface area contributed by atoms with Gasteiger partial charge in [0.25, 0.3) is 0 Å². The van der Waals surface area contributed by atoms with E-state index in [4.69, 9.17) is 13.9 Å². The van der Waals surface area contributed by atoms with Gasteiger partial charge in [-0.1, -0.05) is 12.1 Å². The van der Waals surface area contributed by atoms with Gasteiger partial charge in [-0.3, -0.25) is 0 Å². The number of fused-ring (bicyclic) bond motifs is 1. The van der Waals surface area contributed by atoms with Crippen LogP contribution in [0.2, 0.25) is 0 Å². The van der Waals surface area contributed by atoms with Gasteiger partial charge in [0.05, 0.1) is 10.5 Å². The van der Waals surface area contributed by atoms with Crippen LogP contribution in [-0.4, -0.2) is 64.7 Å². The van der Waals surface area contributed by atoms with Gasteiger partial charge in [-0.05, 0) is 31.3 Å². The molecule has 32 heavy (non-hydrogen) atoms. The Morgan fingerprint density at radius 3 is 2.44 bits per heavy atom. The molecule has 168 valence electrons. The molecule has 0 N–H and O–H groups in total. The Hall–Kier alpha value is -3.11. The summed E-state index contributed by atoms with van der Waals surface area (Å²) >= 11 is 0. The number of oxazole rings is 1. The molecule has 2 aliphatic rings. The van der Waals surface area contributed by atoms with Crippen LogP contribution in [0, 0.1) is 5.82 Å². The van der Waals surface area contributed by atoms with Gasteiger partial charge < -0.3 is 23.7 Å². The second-order valence-corrected chi connectivity index (χ2v) is 9.57. The summed E-state index contributed by atoms with van der Waals surface area (Å²) in [5.74, 6) is 0.347. The second kappa shape index (κ2) is 8.10. The quantitative estimate of drug-likeness (QED) is 0.589. The molecule has 0 bridgehead atoms. The third kappa shape index (κ3) is 3.69. The highest BCUT2D eigenvalue weighted by Gasteiger charge is 2.33. The Morgan fingerprint density at radius 2 is 1.69 bits per heavy atom. The molecule has 0 unspecified atom stereocenters. The van der Waals surface area contributed by atoms with Crippen LogP contribution < -0.4 is 14.4 Å². The van der Waals surface area contributed by atoms with Gasteiger partial charge in [-0.2, -0.15) is 4.98 Å². The van der Waals surface area contributed by atoms with Crippen LogP contribution in [0.25, 0.3) is 11.5 Å². The van der Waals surface area contributed by atoms with E-state index in [-0.39, 0.29) is 27.3 Å². The van der Waals surface area contributed by atoms with E-state index in [1.807, 2.05) is 11.9 Å². The fourth-order valence-corrected chi connectivity index (χ4v) is 5.07. The van der Waals surface area contributed by atoms with E-state index >= 15 is 0 Å². The normalized spacial score (nSPS) is 16.9. The number of anilines is 1. The van der Waals surface area contributed by atoms with Crippen molar-refractivity contribution in [2.75, 3.05) is 51.3 Å². The summed E-state index contributed by atoms with van der Waals surface area (Å²) in [6, 6.07) is 10.4. The Bertz CT molecular complexity index is 1250. The van der Waals surface area contributed by atoms with E-state index in [0.29, 0.717) is 37.8 Å². The maximum Gasteiger partial charge on any atom is 0.236 e. The van der Waals surface area contributed by atoms with Gasteiger partial charge in [0.15, 0.2) is 11.5 Å². The van der Waals surface area contributed by atoms with E-state index in [1.54, 1.807) is 18.2 Å². The van der Waals surface area contributed by atoms with Gasteiger partial charge in [0.1, 0.15) is 19.0 Å². The predicted molar refractivity (Wildman–Crippen MR) is 114 cm³/mol. The molecule has 2 aromatic carbocycles. The fraction of sp³-hybridized carbons (Fsp3) is 0.318. The number of hydrogen-bond donors (Lipinski definition) is 0. The number of sulfone groups is 1. The van der Waals surface area contributed by atoms with Gasteiger partial charge in [-0.25, -0.2) is 12.8 Å². The van der Waals surface area contributed by atoms with Crippen molar-refractivity contribution >= 4 is 15.7 Å². The number of benzene rings is 2. The maximum absolute atomic E-state index is 14.4. The average Bonchev–Trinajstić information content (AvgIpc) is 3.25. The predicted octanol–water partition coefficient (Wildman–Crippen LogP) is 2.84. The smallest absolute Gasteiger partial charge is 0.236 e. The molecular formula is C22H22FN3O5S. The zero-order valence-electron chi connectivity index (χ0n) is 17.5. The fourth-order valence-electron chi connectivity index (χ4n) is 3.73. The molecule has 1 aromatic heterocycles. The first-order chi connectivity index (χ1) is 15.4. The zero-order chi connectivity index (χ0) is 22.3. The van der Waals surface area contributed by atoms with Crippen molar-refractivity contribution in [3.05, 3.63) is 48.3 Å². The minimum Gasteiger partial charge on any atom is -0.486 e. The molecule has 1 saturated heterocycles. The zero-order valence-corrected chi connectivity index (χ0v) is 18.3. The molecule has 3 aromatic rings. The van der Waals surface area contributed by atoms with Crippen LogP contribution in [0.1, 0.15) is 0 Å². The topological polar surface area (TPSA) is 85.1 Å². The first-order valence-electron chi connectivity index (χ1n) is 10.3. The lowest BCUT2D eigenvalue weighted by molar-refractivity contribution is 0.171. The monoisotopic (exact) mass is 459 g/mol. The second-order valence-electron chi connectivity index (χ2n) is 7.71. The van der Waals surface area contributed by atoms with Crippen molar-refractivity contribution in [1.29, 1.82) is 0 Å². The maximum atomic E-state index is 14.4. The van der Waals surface area contributed by atoms with Crippen LogP contribution in [-0.2, 0) is 9.84 Å². The first-order valence-corrected chi connectivity index (χ1v) is 11.8. The molecule has 3 heterocycles. The number of likely N-dealkylation sites (N-methyl/N-ethyl adjacent to an activating group) is 1.